The number of piperidine rings is 1. The highest BCUT2D eigenvalue weighted by Crippen LogP contribution is 2.33. The quantitative estimate of drug-likeness (QED) is 0.649. The Morgan fingerprint density at radius 3 is 2.28 bits per heavy atom. The molecule has 2 bridgehead atoms. The van der Waals surface area contributed by atoms with Crippen LogP contribution >= 0.6 is 0 Å². The summed E-state index contributed by atoms with van der Waals surface area (Å²) in [6, 6.07) is -0.184. The topological polar surface area (TPSA) is 74.3 Å². The SMILES string of the molecule is COCCOCCC(=O)C1CC2COCC(C1)N2C(=O)OC(C)(C)C. The first-order chi connectivity index (χ1) is 11.8. The second kappa shape index (κ2) is 8.96. The molecule has 7 heteroatoms. The smallest absolute Gasteiger partial charge is 0.410 e. The average molecular weight is 357 g/mol. The zero-order valence-electron chi connectivity index (χ0n) is 15.8. The molecule has 2 atom stereocenters. The molecule has 0 aliphatic carbocycles. The number of methoxy groups -OCH3 is 1. The number of Topliss-reactive ketones (excluding diaryl/α,β-unsaturated/α-hetero) is 1. The third-order valence-electron chi connectivity index (χ3n) is 4.50. The van der Waals surface area contributed by atoms with E-state index < -0.39 is 5.60 Å². The van der Waals surface area contributed by atoms with Gasteiger partial charge in [-0.2, -0.15) is 0 Å². The molecular formula is C18H31NO6. The minimum Gasteiger partial charge on any atom is -0.444 e. The Morgan fingerprint density at radius 1 is 1.08 bits per heavy atom. The van der Waals surface area contributed by atoms with E-state index >= 15 is 0 Å². The van der Waals surface area contributed by atoms with Gasteiger partial charge in [-0.25, -0.2) is 4.79 Å². The van der Waals surface area contributed by atoms with Crippen LogP contribution in [0.3, 0.4) is 0 Å². The van der Waals surface area contributed by atoms with Crippen LogP contribution in [0.4, 0.5) is 4.79 Å². The highest BCUT2D eigenvalue weighted by Gasteiger charge is 2.44. The summed E-state index contributed by atoms with van der Waals surface area (Å²) in [5.41, 5.74) is -0.529. The number of rotatable bonds is 7. The zero-order chi connectivity index (χ0) is 18.4. The molecule has 2 aliphatic heterocycles. The van der Waals surface area contributed by atoms with Gasteiger partial charge in [0.25, 0.3) is 0 Å². The van der Waals surface area contributed by atoms with Gasteiger partial charge in [-0.15, -0.1) is 0 Å². The van der Waals surface area contributed by atoms with Crippen molar-refractivity contribution in [2.45, 2.75) is 57.7 Å². The van der Waals surface area contributed by atoms with Crippen molar-refractivity contribution in [2.24, 2.45) is 5.92 Å². The van der Waals surface area contributed by atoms with Crippen LogP contribution in [0.15, 0.2) is 0 Å². The van der Waals surface area contributed by atoms with Crippen LogP contribution in [0.5, 0.6) is 0 Å². The summed E-state index contributed by atoms with van der Waals surface area (Å²) in [7, 11) is 1.62. The average Bonchev–Trinajstić information content (AvgIpc) is 2.51. The molecule has 2 heterocycles. The molecule has 7 nitrogen and oxygen atoms in total. The van der Waals surface area contributed by atoms with Gasteiger partial charge in [0.2, 0.25) is 0 Å². The lowest BCUT2D eigenvalue weighted by Crippen LogP contribution is -2.60. The Morgan fingerprint density at radius 2 is 1.72 bits per heavy atom. The number of fused-ring (bicyclic) bond motifs is 2. The third-order valence-corrected chi connectivity index (χ3v) is 4.50. The first-order valence-electron chi connectivity index (χ1n) is 9.00. The molecule has 2 saturated heterocycles. The molecule has 2 rings (SSSR count). The van der Waals surface area contributed by atoms with E-state index in [1.165, 1.54) is 0 Å². The van der Waals surface area contributed by atoms with Crippen molar-refractivity contribution in [3.8, 4) is 0 Å². The molecule has 2 fully saturated rings. The maximum Gasteiger partial charge on any atom is 0.410 e. The van der Waals surface area contributed by atoms with Crippen molar-refractivity contribution in [3.05, 3.63) is 0 Å². The van der Waals surface area contributed by atoms with Gasteiger partial charge in [0.1, 0.15) is 11.4 Å². The van der Waals surface area contributed by atoms with Crippen LogP contribution in [-0.4, -0.2) is 74.6 Å². The summed E-state index contributed by atoms with van der Waals surface area (Å²) < 4.78 is 21.4. The number of hydrogen-bond donors (Lipinski definition) is 0. The predicted octanol–water partition coefficient (Wildman–Crippen LogP) is 2.02. The van der Waals surface area contributed by atoms with Gasteiger partial charge in [0.15, 0.2) is 0 Å². The number of hydrogen-bond acceptors (Lipinski definition) is 6. The van der Waals surface area contributed by atoms with Gasteiger partial charge in [-0.3, -0.25) is 9.69 Å². The fourth-order valence-corrected chi connectivity index (χ4v) is 3.41. The van der Waals surface area contributed by atoms with Gasteiger partial charge in [-0.05, 0) is 33.6 Å². The molecular weight excluding hydrogens is 326 g/mol. The molecule has 144 valence electrons. The van der Waals surface area contributed by atoms with E-state index in [4.69, 9.17) is 18.9 Å². The number of ketones is 1. The summed E-state index contributed by atoms with van der Waals surface area (Å²) in [4.78, 5) is 26.8. The Bertz CT molecular complexity index is 447. The van der Waals surface area contributed by atoms with E-state index in [-0.39, 0.29) is 29.9 Å². The van der Waals surface area contributed by atoms with Gasteiger partial charge in [-0.1, -0.05) is 0 Å². The molecule has 2 aliphatic rings. The summed E-state index contributed by atoms with van der Waals surface area (Å²) in [6.07, 6.45) is 1.36. The van der Waals surface area contributed by atoms with Crippen LogP contribution in [0.1, 0.15) is 40.0 Å². The molecule has 0 saturated carbocycles. The largest absolute Gasteiger partial charge is 0.444 e. The summed E-state index contributed by atoms with van der Waals surface area (Å²) in [6.45, 7) is 7.95. The Balaban J connectivity index is 1.87. The lowest BCUT2D eigenvalue weighted by Gasteiger charge is -2.47. The lowest BCUT2D eigenvalue weighted by atomic mass is 9.82. The maximum atomic E-state index is 12.5. The van der Waals surface area contributed by atoms with Gasteiger partial charge in [0, 0.05) is 19.4 Å². The van der Waals surface area contributed by atoms with E-state index in [1.807, 2.05) is 20.8 Å². The van der Waals surface area contributed by atoms with Gasteiger partial charge in [0.05, 0.1) is 45.1 Å². The number of morpholine rings is 1. The molecule has 0 radical (unpaired) electrons. The molecule has 0 aromatic rings. The number of carbonyl (C=O) groups is 2. The minimum atomic E-state index is -0.529. The van der Waals surface area contributed by atoms with E-state index in [9.17, 15) is 9.59 Å². The fourth-order valence-electron chi connectivity index (χ4n) is 3.41. The molecule has 2 unspecified atom stereocenters. The third kappa shape index (κ3) is 5.94. The Kier molecular flexibility index (Phi) is 7.22. The number of ether oxygens (including phenoxy) is 4. The van der Waals surface area contributed by atoms with Crippen LogP contribution in [0.2, 0.25) is 0 Å². The van der Waals surface area contributed by atoms with E-state index in [2.05, 4.69) is 0 Å². The van der Waals surface area contributed by atoms with Gasteiger partial charge >= 0.3 is 6.09 Å². The fraction of sp³-hybridized carbons (Fsp3) is 0.889. The summed E-state index contributed by atoms with van der Waals surface area (Å²) in [5, 5.41) is 0. The van der Waals surface area contributed by atoms with Crippen LogP contribution in [0, 0.1) is 5.92 Å². The number of nitrogens with zero attached hydrogens (tertiary/aromatic N) is 1. The highest BCUT2D eigenvalue weighted by atomic mass is 16.6. The molecule has 0 aromatic heterocycles. The lowest BCUT2D eigenvalue weighted by molar-refractivity contribution is -0.133. The molecule has 25 heavy (non-hydrogen) atoms. The zero-order valence-corrected chi connectivity index (χ0v) is 15.8. The highest BCUT2D eigenvalue weighted by molar-refractivity contribution is 5.81. The first-order valence-corrected chi connectivity index (χ1v) is 9.00. The van der Waals surface area contributed by atoms with Crippen molar-refractivity contribution in [1.82, 2.24) is 4.90 Å². The maximum absolute atomic E-state index is 12.5. The van der Waals surface area contributed by atoms with E-state index in [0.29, 0.717) is 52.3 Å². The predicted molar refractivity (Wildman–Crippen MR) is 91.5 cm³/mol. The second-order valence-electron chi connectivity index (χ2n) is 7.72. The van der Waals surface area contributed by atoms with Crippen molar-refractivity contribution < 1.29 is 28.5 Å². The second-order valence-corrected chi connectivity index (χ2v) is 7.72. The number of carbonyl (C=O) groups excluding carboxylic acids is 2. The van der Waals surface area contributed by atoms with Crippen molar-refractivity contribution in [3.63, 3.8) is 0 Å². The normalized spacial score (nSPS) is 26.4. The Hall–Kier alpha value is -1.18. The Labute approximate surface area is 149 Å². The molecule has 0 spiro atoms. The molecule has 0 N–H and O–H groups in total. The number of amides is 1. The van der Waals surface area contributed by atoms with Crippen molar-refractivity contribution in [1.29, 1.82) is 0 Å². The summed E-state index contributed by atoms with van der Waals surface area (Å²) in [5.74, 6) is 0.168. The van der Waals surface area contributed by atoms with Crippen molar-refractivity contribution in [2.75, 3.05) is 40.1 Å². The first kappa shape index (κ1) is 20.1. The monoisotopic (exact) mass is 357 g/mol. The van der Waals surface area contributed by atoms with E-state index in [1.54, 1.807) is 12.0 Å². The molecule has 1 amide bonds. The molecule has 0 aromatic carbocycles. The van der Waals surface area contributed by atoms with Crippen LogP contribution in [-0.2, 0) is 23.7 Å². The summed E-state index contributed by atoms with van der Waals surface area (Å²) >= 11 is 0. The minimum absolute atomic E-state index is 0.0383. The van der Waals surface area contributed by atoms with Crippen LogP contribution < -0.4 is 0 Å². The van der Waals surface area contributed by atoms with Crippen molar-refractivity contribution >= 4 is 11.9 Å². The van der Waals surface area contributed by atoms with E-state index in [0.717, 1.165) is 0 Å². The van der Waals surface area contributed by atoms with Crippen LogP contribution in [0.25, 0.3) is 0 Å². The standard InChI is InChI=1S/C18H31NO6/c1-18(2,3)25-17(21)19-14-9-13(10-15(19)12-24-11-14)16(20)5-6-23-8-7-22-4/h13-15H,5-12H2,1-4H3. The van der Waals surface area contributed by atoms with Gasteiger partial charge < -0.3 is 18.9 Å².